The lowest BCUT2D eigenvalue weighted by Gasteiger charge is -2.23. The summed E-state index contributed by atoms with van der Waals surface area (Å²) >= 11 is 0. The molecular weight excluding hydrogens is 744 g/mol. The maximum absolute atomic E-state index is 12.1. The second-order valence-corrected chi connectivity index (χ2v) is 17.0. The van der Waals surface area contributed by atoms with Crippen LogP contribution in [0.2, 0.25) is 0 Å². The number of esters is 2. The third-order valence-corrected chi connectivity index (χ3v) is 8.85. The molecule has 1 N–H and O–H groups in total. The minimum Gasteiger partial charge on any atom is -0.481 e. The smallest absolute Gasteiger partial charge is 0.309 e. The quantitative estimate of drug-likeness (QED) is 0.0464. The van der Waals surface area contributed by atoms with Gasteiger partial charge in [0, 0.05) is 58.3 Å². The van der Waals surface area contributed by atoms with Gasteiger partial charge in [-0.2, -0.15) is 0 Å². The number of unbranched alkanes of at least 4 members (excludes halogenated alkanes) is 13. The van der Waals surface area contributed by atoms with Crippen molar-refractivity contribution >= 4 is 29.5 Å². The van der Waals surface area contributed by atoms with Crippen molar-refractivity contribution in [3.05, 3.63) is 0 Å². The molecule has 0 saturated heterocycles. The maximum Gasteiger partial charge on any atom is 0.309 e. The predicted octanol–water partition coefficient (Wildman–Crippen LogP) is 10.2. The van der Waals surface area contributed by atoms with Crippen molar-refractivity contribution in [1.29, 1.82) is 0 Å². The Labute approximate surface area is 352 Å². The molecular formula is C46H86O12. The van der Waals surface area contributed by atoms with Crippen LogP contribution in [0, 0.1) is 5.92 Å². The highest BCUT2D eigenvalue weighted by atomic mass is 16.6. The standard InChI is InChI=1S/C29H56O5.C17H30O7/c1-5-32-25-26-33-24-20-22-27(30)21-18-16-14-12-10-8-6-7-9-11-13-15-17-19-23-28(31)34-29(2,3)4;1-5-22-10-11-23-9-8-14(18)12-13(6-7-15(19)20)16(21)24-17(2,3)4/h5-26H2,1-4H3;13H,5-12H2,1-4H3,(H,19,20). The summed E-state index contributed by atoms with van der Waals surface area (Å²) in [7, 11) is 0. The molecule has 1 unspecified atom stereocenters. The van der Waals surface area contributed by atoms with E-state index in [9.17, 15) is 24.0 Å². The molecule has 0 aromatic heterocycles. The number of carboxylic acids is 1. The van der Waals surface area contributed by atoms with Crippen LogP contribution >= 0.6 is 0 Å². The highest BCUT2D eigenvalue weighted by Gasteiger charge is 2.27. The zero-order chi connectivity index (χ0) is 43.9. The molecule has 0 heterocycles. The van der Waals surface area contributed by atoms with Gasteiger partial charge >= 0.3 is 17.9 Å². The minimum atomic E-state index is -1.00. The average molecular weight is 831 g/mol. The number of rotatable bonds is 38. The first-order valence-electron chi connectivity index (χ1n) is 22.5. The van der Waals surface area contributed by atoms with Crippen molar-refractivity contribution in [3.8, 4) is 0 Å². The van der Waals surface area contributed by atoms with Crippen LogP contribution in [-0.2, 0) is 52.4 Å². The van der Waals surface area contributed by atoms with Crippen LogP contribution in [0.3, 0.4) is 0 Å². The van der Waals surface area contributed by atoms with Gasteiger partial charge in [-0.05, 0) is 81.1 Å². The zero-order valence-corrected chi connectivity index (χ0v) is 38.2. The van der Waals surface area contributed by atoms with Crippen LogP contribution in [-0.4, -0.2) is 98.6 Å². The molecule has 0 rings (SSSR count). The lowest BCUT2D eigenvalue weighted by Crippen LogP contribution is -2.30. The van der Waals surface area contributed by atoms with E-state index >= 15 is 0 Å². The molecule has 12 nitrogen and oxygen atoms in total. The maximum atomic E-state index is 12.1. The van der Waals surface area contributed by atoms with Crippen molar-refractivity contribution in [1.82, 2.24) is 0 Å². The molecule has 0 spiro atoms. The first-order chi connectivity index (χ1) is 27.5. The molecule has 0 saturated carbocycles. The average Bonchev–Trinajstić information content (AvgIpc) is 3.13. The molecule has 0 aliphatic heterocycles. The number of carbonyl (C=O) groups excluding carboxylic acids is 4. The van der Waals surface area contributed by atoms with Crippen LogP contribution in [0.25, 0.3) is 0 Å². The summed E-state index contributed by atoms with van der Waals surface area (Å²) in [5.41, 5.74) is -1.04. The van der Waals surface area contributed by atoms with Gasteiger partial charge in [-0.3, -0.25) is 24.0 Å². The van der Waals surface area contributed by atoms with E-state index in [4.69, 9.17) is 33.5 Å². The van der Waals surface area contributed by atoms with E-state index in [1.54, 1.807) is 20.8 Å². The van der Waals surface area contributed by atoms with Crippen LogP contribution in [0.1, 0.15) is 197 Å². The van der Waals surface area contributed by atoms with E-state index < -0.39 is 23.5 Å². The highest BCUT2D eigenvalue weighted by Crippen LogP contribution is 2.20. The number of ether oxygens (including phenoxy) is 6. The van der Waals surface area contributed by atoms with Crippen molar-refractivity contribution in [3.63, 3.8) is 0 Å². The first kappa shape index (κ1) is 57.7. The number of hydrogen-bond donors (Lipinski definition) is 1. The Morgan fingerprint density at radius 2 is 0.862 bits per heavy atom. The molecule has 1 atom stereocenters. The summed E-state index contributed by atoms with van der Waals surface area (Å²) in [5.74, 6) is -2.10. The van der Waals surface area contributed by atoms with Crippen molar-refractivity contribution in [2.45, 2.75) is 208 Å². The Hall–Kier alpha value is -2.41. The second-order valence-electron chi connectivity index (χ2n) is 17.0. The van der Waals surface area contributed by atoms with Crippen LogP contribution < -0.4 is 0 Å². The van der Waals surface area contributed by atoms with Gasteiger partial charge in [0.25, 0.3) is 0 Å². The monoisotopic (exact) mass is 831 g/mol. The number of aliphatic carboxylic acids is 1. The zero-order valence-electron chi connectivity index (χ0n) is 38.2. The van der Waals surface area contributed by atoms with Crippen LogP contribution in [0.15, 0.2) is 0 Å². The van der Waals surface area contributed by atoms with Gasteiger partial charge in [0.15, 0.2) is 0 Å². The van der Waals surface area contributed by atoms with Gasteiger partial charge in [0.05, 0.1) is 39.0 Å². The number of Topliss-reactive ketones (excluding diaryl/α,β-unsaturated/α-hetero) is 2. The SMILES string of the molecule is CCOCCOCCC(=O)CC(CCC(=O)O)C(=O)OC(C)(C)C.CCOCCOCCCC(=O)CCCCCCCCCCCCCCCCC(=O)OC(C)(C)C. The van der Waals surface area contributed by atoms with E-state index in [1.807, 2.05) is 34.6 Å². The number of hydrogen-bond acceptors (Lipinski definition) is 11. The van der Waals surface area contributed by atoms with Crippen LogP contribution in [0.4, 0.5) is 0 Å². The van der Waals surface area contributed by atoms with E-state index in [1.165, 1.54) is 70.6 Å². The molecule has 0 aromatic rings. The van der Waals surface area contributed by atoms with Gasteiger partial charge < -0.3 is 33.5 Å². The Kier molecular flexibility index (Phi) is 38.6. The highest BCUT2D eigenvalue weighted by molar-refractivity contribution is 5.85. The van der Waals surface area contributed by atoms with Gasteiger partial charge in [-0.1, -0.05) is 77.0 Å². The fraction of sp³-hybridized carbons (Fsp3) is 0.891. The molecule has 58 heavy (non-hydrogen) atoms. The summed E-state index contributed by atoms with van der Waals surface area (Å²) in [4.78, 5) is 58.4. The van der Waals surface area contributed by atoms with Crippen molar-refractivity contribution < 1.29 is 57.5 Å². The van der Waals surface area contributed by atoms with E-state index in [2.05, 4.69) is 0 Å². The van der Waals surface area contributed by atoms with Crippen LogP contribution in [0.5, 0.6) is 0 Å². The molecule has 0 amide bonds. The third-order valence-electron chi connectivity index (χ3n) is 8.85. The molecule has 12 heteroatoms. The van der Waals surface area contributed by atoms with Gasteiger partial charge in [0.1, 0.15) is 22.8 Å². The summed E-state index contributed by atoms with van der Waals surface area (Å²) in [5, 5.41) is 8.79. The molecule has 0 radical (unpaired) electrons. The number of carboxylic acid groups (broad SMARTS) is 1. The topological polar surface area (TPSA) is 161 Å². The normalized spacial score (nSPS) is 12.1. The Morgan fingerprint density at radius 1 is 0.448 bits per heavy atom. The fourth-order valence-electron chi connectivity index (χ4n) is 5.88. The Morgan fingerprint density at radius 3 is 1.31 bits per heavy atom. The number of carbonyl (C=O) groups is 5. The first-order valence-corrected chi connectivity index (χ1v) is 22.5. The summed E-state index contributed by atoms with van der Waals surface area (Å²) < 4.78 is 31.6. The minimum absolute atomic E-state index is 0.0307. The Bertz CT molecular complexity index is 1030. The van der Waals surface area contributed by atoms with Crippen molar-refractivity contribution in [2.75, 3.05) is 52.9 Å². The van der Waals surface area contributed by atoms with Gasteiger partial charge in [0.2, 0.25) is 0 Å². The predicted molar refractivity (Wildman–Crippen MR) is 229 cm³/mol. The van der Waals surface area contributed by atoms with E-state index in [-0.39, 0.29) is 49.6 Å². The lowest BCUT2D eigenvalue weighted by molar-refractivity contribution is -0.161. The summed E-state index contributed by atoms with van der Waals surface area (Å²) in [6.07, 6.45) is 20.3. The third kappa shape index (κ3) is 46.3. The van der Waals surface area contributed by atoms with Gasteiger partial charge in [-0.15, -0.1) is 0 Å². The molecule has 0 aliphatic carbocycles. The van der Waals surface area contributed by atoms with Crippen molar-refractivity contribution in [2.24, 2.45) is 5.92 Å². The molecule has 0 aromatic carbocycles. The largest absolute Gasteiger partial charge is 0.481 e. The number of ketones is 2. The molecule has 0 aliphatic rings. The molecule has 0 bridgehead atoms. The van der Waals surface area contributed by atoms with Gasteiger partial charge in [-0.25, -0.2) is 0 Å². The second kappa shape index (κ2) is 38.8. The Balaban J connectivity index is 0. The molecule has 0 fully saturated rings. The molecule has 342 valence electrons. The summed E-state index contributed by atoms with van der Waals surface area (Å²) in [6.45, 7) is 19.2. The summed E-state index contributed by atoms with van der Waals surface area (Å²) in [6, 6.07) is 0. The fourth-order valence-corrected chi connectivity index (χ4v) is 5.88. The van der Waals surface area contributed by atoms with E-state index in [0.29, 0.717) is 58.3 Å². The van der Waals surface area contributed by atoms with E-state index in [0.717, 1.165) is 38.7 Å². The lowest BCUT2D eigenvalue weighted by atomic mass is 9.95.